The molecule has 0 radical (unpaired) electrons. The number of aromatic nitrogens is 2. The number of carboxylic acids is 1. The van der Waals surface area contributed by atoms with Crippen LogP contribution in [-0.2, 0) is 21.0 Å². The maximum Gasteiger partial charge on any atom is 0.418 e. The van der Waals surface area contributed by atoms with Crippen LogP contribution in [0.25, 0.3) is 11.3 Å². The zero-order chi connectivity index (χ0) is 26.8. The van der Waals surface area contributed by atoms with Crippen LogP contribution < -0.4 is 9.62 Å². The van der Waals surface area contributed by atoms with E-state index in [-0.39, 0.29) is 35.4 Å². The minimum atomic E-state index is -4.70. The number of nitrogens with zero attached hydrogens (tertiary/aromatic N) is 3. The Morgan fingerprint density at radius 3 is 2.43 bits per heavy atom. The molecule has 0 aliphatic heterocycles. The molecule has 12 heteroatoms. The van der Waals surface area contributed by atoms with Crippen LogP contribution in [-0.4, -0.2) is 42.0 Å². The summed E-state index contributed by atoms with van der Waals surface area (Å²) in [5, 5.41) is 8.73. The lowest BCUT2D eigenvalue weighted by molar-refractivity contribution is -0.138. The number of halogens is 3. The first kappa shape index (κ1) is 26.4. The predicted molar refractivity (Wildman–Crippen MR) is 132 cm³/mol. The van der Waals surface area contributed by atoms with Crippen molar-refractivity contribution >= 4 is 27.6 Å². The first-order valence-corrected chi connectivity index (χ1v) is 13.1. The minimum absolute atomic E-state index is 0.0611. The SMILES string of the molecule is Cc1ccccc1-c1nc(NS(=O)(=O)c2cccc(N(CCC(=O)O)C3CCC3)n2)ccc1C(F)(F)F. The van der Waals surface area contributed by atoms with Crippen LogP contribution >= 0.6 is 0 Å². The number of alkyl halides is 3. The fourth-order valence-electron chi connectivity index (χ4n) is 4.09. The molecule has 196 valence electrons. The Bertz CT molecular complexity index is 1410. The van der Waals surface area contributed by atoms with Crippen molar-refractivity contribution in [2.24, 2.45) is 0 Å². The van der Waals surface area contributed by atoms with Gasteiger partial charge in [0.2, 0.25) is 0 Å². The summed E-state index contributed by atoms with van der Waals surface area (Å²) < 4.78 is 69.6. The monoisotopic (exact) mass is 534 g/mol. The molecule has 2 N–H and O–H groups in total. The van der Waals surface area contributed by atoms with Crippen LogP contribution in [0.1, 0.15) is 36.8 Å². The highest BCUT2D eigenvalue weighted by Crippen LogP contribution is 2.38. The Kier molecular flexibility index (Phi) is 7.39. The van der Waals surface area contributed by atoms with E-state index in [9.17, 15) is 26.4 Å². The lowest BCUT2D eigenvalue weighted by Gasteiger charge is -2.38. The van der Waals surface area contributed by atoms with Crippen molar-refractivity contribution in [3.8, 4) is 11.3 Å². The molecule has 1 aromatic carbocycles. The van der Waals surface area contributed by atoms with Crippen molar-refractivity contribution in [1.82, 2.24) is 9.97 Å². The second-order valence-electron chi connectivity index (χ2n) is 8.77. The molecular weight excluding hydrogens is 509 g/mol. The van der Waals surface area contributed by atoms with E-state index in [4.69, 9.17) is 5.11 Å². The van der Waals surface area contributed by atoms with Crippen molar-refractivity contribution in [3.63, 3.8) is 0 Å². The van der Waals surface area contributed by atoms with Gasteiger partial charge in [-0.15, -0.1) is 0 Å². The Morgan fingerprint density at radius 2 is 1.81 bits per heavy atom. The summed E-state index contributed by atoms with van der Waals surface area (Å²) in [5.41, 5.74) is -0.602. The first-order valence-electron chi connectivity index (χ1n) is 11.6. The topological polar surface area (TPSA) is 112 Å². The van der Waals surface area contributed by atoms with Gasteiger partial charge < -0.3 is 10.0 Å². The summed E-state index contributed by atoms with van der Waals surface area (Å²) in [6.45, 7) is 1.81. The number of pyridine rings is 2. The third kappa shape index (κ3) is 6.01. The molecule has 8 nitrogen and oxygen atoms in total. The van der Waals surface area contributed by atoms with Gasteiger partial charge in [-0.25, -0.2) is 9.97 Å². The van der Waals surface area contributed by atoms with Gasteiger partial charge >= 0.3 is 12.1 Å². The molecule has 4 rings (SSSR count). The third-order valence-electron chi connectivity index (χ3n) is 6.20. The summed E-state index contributed by atoms with van der Waals surface area (Å²) in [5.74, 6) is -0.956. The van der Waals surface area contributed by atoms with Crippen molar-refractivity contribution < 1.29 is 31.5 Å². The first-order chi connectivity index (χ1) is 17.5. The Labute approximate surface area is 212 Å². The molecular formula is C25H25F3N4O4S. The van der Waals surface area contributed by atoms with E-state index in [2.05, 4.69) is 14.7 Å². The number of carboxylic acid groups (broad SMARTS) is 1. The van der Waals surface area contributed by atoms with Gasteiger partial charge in [0.25, 0.3) is 10.0 Å². The van der Waals surface area contributed by atoms with Crippen LogP contribution in [0.2, 0.25) is 0 Å². The lowest BCUT2D eigenvalue weighted by Crippen LogP contribution is -2.42. The molecule has 1 fully saturated rings. The number of aryl methyl sites for hydroxylation is 1. The second-order valence-corrected chi connectivity index (χ2v) is 10.4. The fourth-order valence-corrected chi connectivity index (χ4v) is 5.06. The molecule has 2 heterocycles. The summed E-state index contributed by atoms with van der Waals surface area (Å²) in [7, 11) is -4.32. The van der Waals surface area contributed by atoms with E-state index in [1.165, 1.54) is 18.2 Å². The molecule has 0 saturated heterocycles. The number of anilines is 2. The van der Waals surface area contributed by atoms with Gasteiger partial charge in [0, 0.05) is 18.2 Å². The smallest absolute Gasteiger partial charge is 0.418 e. The number of hydrogen-bond acceptors (Lipinski definition) is 6. The van der Waals surface area contributed by atoms with Gasteiger partial charge in [-0.2, -0.15) is 21.6 Å². The number of rotatable bonds is 9. The zero-order valence-electron chi connectivity index (χ0n) is 19.9. The van der Waals surface area contributed by atoms with Crippen molar-refractivity contribution in [2.75, 3.05) is 16.2 Å². The highest BCUT2D eigenvalue weighted by Gasteiger charge is 2.35. The van der Waals surface area contributed by atoms with Crippen LogP contribution in [0.5, 0.6) is 0 Å². The van der Waals surface area contributed by atoms with Crippen LogP contribution in [0, 0.1) is 6.92 Å². The van der Waals surface area contributed by atoms with Gasteiger partial charge in [0.05, 0.1) is 17.7 Å². The molecule has 0 unspecified atom stereocenters. The number of benzene rings is 1. The normalized spacial score (nSPS) is 14.2. The predicted octanol–water partition coefficient (Wildman–Crippen LogP) is 5.11. The van der Waals surface area contributed by atoms with E-state index in [1.54, 1.807) is 36.1 Å². The van der Waals surface area contributed by atoms with E-state index in [1.807, 2.05) is 0 Å². The van der Waals surface area contributed by atoms with Crippen molar-refractivity contribution in [1.29, 1.82) is 0 Å². The largest absolute Gasteiger partial charge is 0.481 e. The number of aliphatic carboxylic acids is 1. The van der Waals surface area contributed by atoms with Gasteiger partial charge in [0.15, 0.2) is 5.03 Å². The van der Waals surface area contributed by atoms with E-state index < -0.39 is 33.4 Å². The second kappa shape index (κ2) is 10.4. The average Bonchev–Trinajstić information content (AvgIpc) is 2.79. The maximum atomic E-state index is 13.7. The number of sulfonamides is 1. The molecule has 0 spiro atoms. The number of nitrogens with one attached hydrogen (secondary N) is 1. The molecule has 1 aliphatic rings. The van der Waals surface area contributed by atoms with Gasteiger partial charge in [-0.3, -0.25) is 9.52 Å². The molecule has 3 aromatic rings. The van der Waals surface area contributed by atoms with Crippen LogP contribution in [0.3, 0.4) is 0 Å². The summed E-state index contributed by atoms with van der Waals surface area (Å²) in [6, 6.07) is 12.5. The van der Waals surface area contributed by atoms with Gasteiger partial charge in [-0.1, -0.05) is 30.3 Å². The minimum Gasteiger partial charge on any atom is -0.481 e. The number of hydrogen-bond donors (Lipinski definition) is 2. The Hall–Kier alpha value is -3.67. The molecule has 37 heavy (non-hydrogen) atoms. The zero-order valence-corrected chi connectivity index (χ0v) is 20.7. The highest BCUT2D eigenvalue weighted by atomic mass is 32.2. The standard InChI is InChI=1S/C25H25F3N4O4S/c1-16-6-2-3-9-18(16)24-19(25(26,27)28)12-13-20(29-24)31-37(35,36)22-11-5-10-21(30-22)32(15-14-23(33)34)17-7-4-8-17/h2-3,5-6,9-13,17H,4,7-8,14-15H2,1H3,(H,29,31)(H,33,34). The van der Waals surface area contributed by atoms with Crippen molar-refractivity contribution in [2.45, 2.75) is 49.9 Å². The molecule has 1 aliphatic carbocycles. The van der Waals surface area contributed by atoms with Crippen LogP contribution in [0.15, 0.2) is 59.6 Å². The maximum absolute atomic E-state index is 13.7. The Morgan fingerprint density at radius 1 is 1.08 bits per heavy atom. The summed E-state index contributed by atoms with van der Waals surface area (Å²) in [4.78, 5) is 21.2. The number of carbonyl (C=O) groups is 1. The average molecular weight is 535 g/mol. The quantitative estimate of drug-likeness (QED) is 0.393. The Balaban J connectivity index is 1.67. The van der Waals surface area contributed by atoms with Gasteiger partial charge in [-0.05, 0) is 56.0 Å². The highest BCUT2D eigenvalue weighted by molar-refractivity contribution is 7.92. The fraction of sp³-hybridized carbons (Fsp3) is 0.320. The van der Waals surface area contributed by atoms with E-state index in [0.29, 0.717) is 11.4 Å². The van der Waals surface area contributed by atoms with E-state index >= 15 is 0 Å². The van der Waals surface area contributed by atoms with Crippen LogP contribution in [0.4, 0.5) is 24.8 Å². The van der Waals surface area contributed by atoms with Crippen molar-refractivity contribution in [3.05, 3.63) is 65.7 Å². The molecule has 0 atom stereocenters. The van der Waals surface area contributed by atoms with E-state index in [0.717, 1.165) is 31.4 Å². The summed E-state index contributed by atoms with van der Waals surface area (Å²) >= 11 is 0. The lowest BCUT2D eigenvalue weighted by atomic mass is 9.91. The third-order valence-corrected chi connectivity index (χ3v) is 7.46. The summed E-state index contributed by atoms with van der Waals surface area (Å²) in [6.07, 6.45) is -2.17. The molecule has 0 amide bonds. The molecule has 0 bridgehead atoms. The molecule has 1 saturated carbocycles. The molecule has 2 aromatic heterocycles. The van der Waals surface area contributed by atoms with Gasteiger partial charge in [0.1, 0.15) is 11.6 Å².